The predicted octanol–water partition coefficient (Wildman–Crippen LogP) is -0.668. The Hall–Kier alpha value is -1.98. The van der Waals surface area contributed by atoms with Crippen LogP contribution in [0.3, 0.4) is 0 Å². The van der Waals surface area contributed by atoms with Crippen LogP contribution >= 0.6 is 0 Å². The summed E-state index contributed by atoms with van der Waals surface area (Å²) in [7, 11) is 0. The maximum Gasteiger partial charge on any atom is 0.341 e. The van der Waals surface area contributed by atoms with Crippen LogP contribution in [0.4, 0.5) is 0 Å². The van der Waals surface area contributed by atoms with Crippen LogP contribution in [0.5, 0.6) is 0 Å². The molecule has 70 valence electrons. The lowest BCUT2D eigenvalue weighted by molar-refractivity contribution is -0.150. The molecule has 0 radical (unpaired) electrons. The Labute approximate surface area is 73.1 Å². The predicted molar refractivity (Wildman–Crippen MR) is 38.1 cm³/mol. The number of hydrogen-bond donors (Lipinski definition) is 0. The van der Waals surface area contributed by atoms with Crippen LogP contribution < -0.4 is 0 Å². The van der Waals surface area contributed by atoms with Crippen LogP contribution in [0.2, 0.25) is 0 Å². The third-order valence-corrected chi connectivity index (χ3v) is 0.976. The first-order valence-electron chi connectivity index (χ1n) is 3.09. The molecule has 13 heavy (non-hydrogen) atoms. The second-order valence-corrected chi connectivity index (χ2v) is 1.86. The van der Waals surface area contributed by atoms with Crippen LogP contribution in [0.25, 0.3) is 0 Å². The second-order valence-electron chi connectivity index (χ2n) is 1.86. The van der Waals surface area contributed by atoms with Gasteiger partial charge in [-0.05, 0) is 6.92 Å². The average Bonchev–Trinajstić information content (AvgIpc) is 2.05. The fourth-order valence-corrected chi connectivity index (χ4v) is 0.454. The fourth-order valence-electron chi connectivity index (χ4n) is 0.454. The zero-order chi connectivity index (χ0) is 10.3. The van der Waals surface area contributed by atoms with Crippen molar-refractivity contribution < 1.29 is 28.7 Å². The van der Waals surface area contributed by atoms with Crippen LogP contribution in [0.1, 0.15) is 6.92 Å². The quantitative estimate of drug-likeness (QED) is 0.250. The van der Waals surface area contributed by atoms with Crippen molar-refractivity contribution in [3.8, 4) is 0 Å². The minimum atomic E-state index is -1.00. The Balaban J connectivity index is 4.29. The smallest absolute Gasteiger partial charge is 0.341 e. The Bertz CT molecular complexity index is 264. The molecule has 0 atom stereocenters. The molecule has 0 N–H and O–H groups in total. The van der Waals surface area contributed by atoms with E-state index in [-0.39, 0.29) is 18.5 Å². The largest absolute Gasteiger partial charge is 0.392 e. The van der Waals surface area contributed by atoms with Crippen molar-refractivity contribution in [2.75, 3.05) is 0 Å². The van der Waals surface area contributed by atoms with Crippen molar-refractivity contribution in [1.29, 1.82) is 0 Å². The molecule has 6 heteroatoms. The molecule has 6 nitrogen and oxygen atoms in total. The SMILES string of the molecule is C/C(=C/C(=O)OC=O)C(=O)OC=O. The van der Waals surface area contributed by atoms with Crippen LogP contribution in [0, 0.1) is 0 Å². The van der Waals surface area contributed by atoms with Gasteiger partial charge in [0, 0.05) is 11.6 Å². The van der Waals surface area contributed by atoms with E-state index in [1.807, 2.05) is 0 Å². The number of esters is 2. The molecule has 0 unspecified atom stereocenters. The van der Waals surface area contributed by atoms with E-state index in [4.69, 9.17) is 0 Å². The number of carbonyl (C=O) groups is 4. The van der Waals surface area contributed by atoms with Gasteiger partial charge in [0.2, 0.25) is 0 Å². The van der Waals surface area contributed by atoms with E-state index in [0.717, 1.165) is 6.08 Å². The Morgan fingerprint density at radius 3 is 2.08 bits per heavy atom. The van der Waals surface area contributed by atoms with Gasteiger partial charge in [0.15, 0.2) is 0 Å². The third-order valence-electron chi connectivity index (χ3n) is 0.976. The topological polar surface area (TPSA) is 86.7 Å². The summed E-state index contributed by atoms with van der Waals surface area (Å²) in [6, 6.07) is 0. The van der Waals surface area contributed by atoms with Gasteiger partial charge >= 0.3 is 24.9 Å². The van der Waals surface area contributed by atoms with Gasteiger partial charge in [-0.15, -0.1) is 0 Å². The van der Waals surface area contributed by atoms with Crippen LogP contribution in [-0.2, 0) is 28.7 Å². The van der Waals surface area contributed by atoms with Gasteiger partial charge in [-0.25, -0.2) is 9.59 Å². The summed E-state index contributed by atoms with van der Waals surface area (Å²) in [4.78, 5) is 40.5. The van der Waals surface area contributed by atoms with E-state index < -0.39 is 11.9 Å². The zero-order valence-corrected chi connectivity index (χ0v) is 6.68. The first-order valence-corrected chi connectivity index (χ1v) is 3.09. The summed E-state index contributed by atoms with van der Waals surface area (Å²) in [5, 5.41) is 0. The normalized spacial score (nSPS) is 10.1. The first-order chi connectivity index (χ1) is 6.11. The maximum atomic E-state index is 10.7. The molecule has 0 aromatic carbocycles. The molecule has 0 aromatic heterocycles. The van der Waals surface area contributed by atoms with E-state index in [9.17, 15) is 19.2 Å². The Morgan fingerprint density at radius 2 is 1.62 bits per heavy atom. The molecule has 0 heterocycles. The monoisotopic (exact) mass is 186 g/mol. The van der Waals surface area contributed by atoms with Gasteiger partial charge in [-0.3, -0.25) is 9.59 Å². The molecule has 0 spiro atoms. The van der Waals surface area contributed by atoms with Gasteiger partial charge in [0.1, 0.15) is 0 Å². The number of hydrogen-bond acceptors (Lipinski definition) is 6. The molecule has 0 saturated carbocycles. The Morgan fingerprint density at radius 1 is 1.08 bits per heavy atom. The minimum absolute atomic E-state index is 0.0648. The summed E-state index contributed by atoms with van der Waals surface area (Å²) in [6.07, 6.45) is 0.736. The van der Waals surface area contributed by atoms with Crippen LogP contribution in [-0.4, -0.2) is 24.9 Å². The standard InChI is InChI=1S/C7H6O6/c1-5(7(11)13-4-9)2-6(10)12-3-8/h2-4H,1H3/b5-2-. The highest BCUT2D eigenvalue weighted by Crippen LogP contribution is 1.95. The summed E-state index contributed by atoms with van der Waals surface area (Å²) in [5.74, 6) is -1.98. The molecule has 0 bridgehead atoms. The van der Waals surface area contributed by atoms with E-state index in [1.54, 1.807) is 0 Å². The zero-order valence-electron chi connectivity index (χ0n) is 6.68. The van der Waals surface area contributed by atoms with Crippen molar-refractivity contribution in [1.82, 2.24) is 0 Å². The van der Waals surface area contributed by atoms with Crippen molar-refractivity contribution in [2.24, 2.45) is 0 Å². The van der Waals surface area contributed by atoms with Gasteiger partial charge in [0.25, 0.3) is 0 Å². The van der Waals surface area contributed by atoms with Crippen molar-refractivity contribution >= 4 is 24.9 Å². The van der Waals surface area contributed by atoms with Crippen molar-refractivity contribution in [3.63, 3.8) is 0 Å². The molecule has 0 fully saturated rings. The molecular weight excluding hydrogens is 180 g/mol. The molecule has 0 aliphatic rings. The van der Waals surface area contributed by atoms with E-state index in [1.165, 1.54) is 6.92 Å². The summed E-state index contributed by atoms with van der Waals surface area (Å²) >= 11 is 0. The van der Waals surface area contributed by atoms with Gasteiger partial charge in [0.05, 0.1) is 0 Å². The van der Waals surface area contributed by atoms with E-state index in [2.05, 4.69) is 9.47 Å². The summed E-state index contributed by atoms with van der Waals surface area (Å²) in [5.41, 5.74) is -0.140. The highest BCUT2D eigenvalue weighted by Gasteiger charge is 2.07. The minimum Gasteiger partial charge on any atom is -0.392 e. The highest BCUT2D eigenvalue weighted by atomic mass is 16.6. The fraction of sp³-hybridized carbons (Fsp3) is 0.143. The van der Waals surface area contributed by atoms with E-state index in [0.29, 0.717) is 0 Å². The number of ether oxygens (including phenoxy) is 2. The average molecular weight is 186 g/mol. The van der Waals surface area contributed by atoms with Crippen molar-refractivity contribution in [2.45, 2.75) is 6.92 Å². The summed E-state index contributed by atoms with van der Waals surface area (Å²) < 4.78 is 7.75. The highest BCUT2D eigenvalue weighted by molar-refractivity contribution is 5.98. The lowest BCUT2D eigenvalue weighted by Crippen LogP contribution is -2.07. The molecule has 0 aliphatic carbocycles. The van der Waals surface area contributed by atoms with Crippen molar-refractivity contribution in [3.05, 3.63) is 11.6 Å². The van der Waals surface area contributed by atoms with Gasteiger partial charge in [-0.1, -0.05) is 0 Å². The Kier molecular flexibility index (Phi) is 4.78. The molecule has 0 aliphatic heterocycles. The van der Waals surface area contributed by atoms with Gasteiger partial charge in [-0.2, -0.15) is 0 Å². The first kappa shape index (κ1) is 11.0. The lowest BCUT2D eigenvalue weighted by atomic mass is 10.3. The van der Waals surface area contributed by atoms with Crippen LogP contribution in [0.15, 0.2) is 11.6 Å². The lowest BCUT2D eigenvalue weighted by Gasteiger charge is -1.94. The number of rotatable bonds is 4. The molecule has 0 amide bonds. The second kappa shape index (κ2) is 5.64. The molecule has 0 rings (SSSR count). The molecule has 0 saturated heterocycles. The summed E-state index contributed by atoms with van der Waals surface area (Å²) in [6.45, 7) is 1.10. The maximum absolute atomic E-state index is 10.7. The molecular formula is C7H6O6. The third kappa shape index (κ3) is 4.46. The molecule has 0 aromatic rings. The number of carbonyl (C=O) groups excluding carboxylic acids is 4. The van der Waals surface area contributed by atoms with E-state index >= 15 is 0 Å². The van der Waals surface area contributed by atoms with Gasteiger partial charge < -0.3 is 9.47 Å².